The zero-order valence-electron chi connectivity index (χ0n) is 16.4. The Morgan fingerprint density at radius 1 is 1.26 bits per heavy atom. The van der Waals surface area contributed by atoms with Crippen molar-refractivity contribution < 1.29 is 14.7 Å². The molecule has 0 aromatic heterocycles. The highest BCUT2D eigenvalue weighted by Gasteiger charge is 2.37. The van der Waals surface area contributed by atoms with Crippen molar-refractivity contribution in [2.24, 2.45) is 0 Å². The van der Waals surface area contributed by atoms with Crippen LogP contribution in [0.1, 0.15) is 43.7 Å². The first kappa shape index (κ1) is 19.7. The molecule has 6 nitrogen and oxygen atoms in total. The average Bonchev–Trinajstić information content (AvgIpc) is 3.06. The molecule has 1 aromatic carbocycles. The number of benzene rings is 1. The number of likely N-dealkylation sites (tertiary alicyclic amines) is 1. The minimum absolute atomic E-state index is 0.0364. The summed E-state index contributed by atoms with van der Waals surface area (Å²) in [5.74, 6) is -0.791. The normalized spacial score (nSPS) is 24.7. The molecule has 2 amide bonds. The smallest absolute Gasteiger partial charge is 0.317 e. The molecule has 1 saturated carbocycles. The van der Waals surface area contributed by atoms with Gasteiger partial charge in [0.25, 0.3) is 0 Å². The second-order valence-electron chi connectivity index (χ2n) is 7.91. The van der Waals surface area contributed by atoms with Crippen molar-refractivity contribution in [1.29, 1.82) is 0 Å². The Kier molecular flexibility index (Phi) is 6.37. The van der Waals surface area contributed by atoms with Crippen molar-refractivity contribution in [3.8, 4) is 0 Å². The van der Waals surface area contributed by atoms with Crippen LogP contribution in [0.15, 0.2) is 24.3 Å². The maximum atomic E-state index is 12.7. The molecule has 148 valence electrons. The Balaban J connectivity index is 1.48. The van der Waals surface area contributed by atoms with Gasteiger partial charge in [0, 0.05) is 24.7 Å². The van der Waals surface area contributed by atoms with Crippen LogP contribution in [0.25, 0.3) is 0 Å². The fraction of sp³-hybridized carbons (Fsp3) is 0.619. The van der Waals surface area contributed by atoms with Crippen LogP contribution < -0.4 is 5.32 Å². The van der Waals surface area contributed by atoms with E-state index in [0.29, 0.717) is 0 Å². The lowest BCUT2D eigenvalue weighted by Gasteiger charge is -2.43. The molecule has 1 atom stereocenters. The first-order chi connectivity index (χ1) is 13.0. The van der Waals surface area contributed by atoms with Crippen LogP contribution in [0.3, 0.4) is 0 Å². The largest absolute Gasteiger partial charge is 0.480 e. The Morgan fingerprint density at radius 2 is 1.96 bits per heavy atom. The topological polar surface area (TPSA) is 72.9 Å². The van der Waals surface area contributed by atoms with E-state index in [-0.39, 0.29) is 30.7 Å². The van der Waals surface area contributed by atoms with Crippen molar-refractivity contribution in [1.82, 2.24) is 15.1 Å². The van der Waals surface area contributed by atoms with Gasteiger partial charge < -0.3 is 15.3 Å². The molecule has 2 N–H and O–H groups in total. The zero-order chi connectivity index (χ0) is 19.4. The van der Waals surface area contributed by atoms with Gasteiger partial charge in [-0.15, -0.1) is 0 Å². The van der Waals surface area contributed by atoms with Gasteiger partial charge in [-0.25, -0.2) is 4.79 Å². The lowest BCUT2D eigenvalue weighted by atomic mass is 9.85. The maximum absolute atomic E-state index is 12.7. The predicted molar refractivity (Wildman–Crippen MR) is 105 cm³/mol. The number of carboxylic acid groups (broad SMARTS) is 1. The number of carbonyl (C=O) groups excluding carboxylic acids is 1. The number of nitrogens with one attached hydrogen (secondary N) is 1. The molecule has 27 heavy (non-hydrogen) atoms. The number of rotatable bonds is 7. The van der Waals surface area contributed by atoms with E-state index in [1.54, 1.807) is 0 Å². The monoisotopic (exact) mass is 373 g/mol. The summed E-state index contributed by atoms with van der Waals surface area (Å²) in [4.78, 5) is 27.6. The quantitative estimate of drug-likeness (QED) is 0.771. The average molecular weight is 373 g/mol. The van der Waals surface area contributed by atoms with E-state index in [1.165, 1.54) is 11.1 Å². The van der Waals surface area contributed by atoms with Gasteiger partial charge in [-0.2, -0.15) is 0 Å². The number of nitrogens with zero attached hydrogens (tertiary/aromatic N) is 2. The van der Waals surface area contributed by atoms with Crippen LogP contribution in [-0.2, 0) is 11.2 Å². The third kappa shape index (κ3) is 5.01. The molecular weight excluding hydrogens is 342 g/mol. The summed E-state index contributed by atoms with van der Waals surface area (Å²) >= 11 is 0. The number of urea groups is 1. The SMILES string of the molecule is CCN(CC(=O)O)C1CC(NC(=O)N2CCCC2Cc2ccc(C)cc2)C1. The summed E-state index contributed by atoms with van der Waals surface area (Å²) in [5.41, 5.74) is 2.53. The number of hydrogen-bond donors (Lipinski definition) is 2. The number of likely N-dealkylation sites (N-methyl/N-ethyl adjacent to an activating group) is 1. The third-order valence-corrected chi connectivity index (χ3v) is 5.93. The summed E-state index contributed by atoms with van der Waals surface area (Å²) in [7, 11) is 0. The van der Waals surface area contributed by atoms with Crippen LogP contribution >= 0.6 is 0 Å². The van der Waals surface area contributed by atoms with E-state index in [0.717, 1.165) is 45.2 Å². The van der Waals surface area contributed by atoms with E-state index in [2.05, 4.69) is 36.5 Å². The number of aryl methyl sites for hydroxylation is 1. The Morgan fingerprint density at radius 3 is 2.59 bits per heavy atom. The van der Waals surface area contributed by atoms with E-state index >= 15 is 0 Å². The number of amides is 2. The van der Waals surface area contributed by atoms with E-state index in [1.807, 2.05) is 16.7 Å². The molecule has 1 aromatic rings. The van der Waals surface area contributed by atoms with Gasteiger partial charge in [0.1, 0.15) is 0 Å². The first-order valence-corrected chi connectivity index (χ1v) is 10.0. The highest BCUT2D eigenvalue weighted by Crippen LogP contribution is 2.27. The molecular formula is C21H31N3O3. The Labute approximate surface area is 161 Å². The molecule has 1 saturated heterocycles. The summed E-state index contributed by atoms with van der Waals surface area (Å²) in [6.45, 7) is 5.68. The lowest BCUT2D eigenvalue weighted by molar-refractivity contribution is -0.139. The van der Waals surface area contributed by atoms with Crippen molar-refractivity contribution in [3.05, 3.63) is 35.4 Å². The van der Waals surface area contributed by atoms with E-state index in [9.17, 15) is 9.59 Å². The van der Waals surface area contributed by atoms with Crippen LogP contribution in [0, 0.1) is 6.92 Å². The predicted octanol–water partition coefficient (Wildman–Crippen LogP) is 2.65. The summed E-state index contributed by atoms with van der Waals surface area (Å²) < 4.78 is 0. The standard InChI is InChI=1S/C21H31N3O3/c1-3-23(14-20(25)26)19-12-17(13-19)22-21(27)24-10-4-5-18(24)11-16-8-6-15(2)7-9-16/h6-9,17-19H,3-5,10-14H2,1-2H3,(H,22,27)(H,25,26). The second kappa shape index (κ2) is 8.74. The van der Waals surface area contributed by atoms with Gasteiger partial charge in [0.05, 0.1) is 6.54 Å². The van der Waals surface area contributed by atoms with Gasteiger partial charge in [-0.05, 0) is 51.1 Å². The van der Waals surface area contributed by atoms with Crippen molar-refractivity contribution in [2.45, 2.75) is 64.1 Å². The number of carbonyl (C=O) groups is 2. The van der Waals surface area contributed by atoms with Crippen molar-refractivity contribution in [2.75, 3.05) is 19.6 Å². The molecule has 2 fully saturated rings. The fourth-order valence-electron chi connectivity index (χ4n) is 4.25. The number of aliphatic carboxylic acids is 1. The molecule has 3 rings (SSSR count). The molecule has 1 heterocycles. The molecule has 0 spiro atoms. The molecule has 1 aliphatic carbocycles. The highest BCUT2D eigenvalue weighted by molar-refractivity contribution is 5.75. The second-order valence-corrected chi connectivity index (χ2v) is 7.91. The van der Waals surface area contributed by atoms with Crippen LogP contribution in [0.2, 0.25) is 0 Å². The maximum Gasteiger partial charge on any atom is 0.317 e. The first-order valence-electron chi connectivity index (χ1n) is 10.0. The molecule has 0 radical (unpaired) electrons. The van der Waals surface area contributed by atoms with Crippen LogP contribution in [-0.4, -0.2) is 64.7 Å². The van der Waals surface area contributed by atoms with Gasteiger partial charge in [-0.3, -0.25) is 9.69 Å². The fourth-order valence-corrected chi connectivity index (χ4v) is 4.25. The summed E-state index contributed by atoms with van der Waals surface area (Å²) in [5, 5.41) is 12.1. The van der Waals surface area contributed by atoms with Gasteiger partial charge >= 0.3 is 12.0 Å². The van der Waals surface area contributed by atoms with Gasteiger partial charge in [0.2, 0.25) is 0 Å². The molecule has 2 aliphatic rings. The van der Waals surface area contributed by atoms with Crippen molar-refractivity contribution >= 4 is 12.0 Å². The van der Waals surface area contributed by atoms with Crippen molar-refractivity contribution in [3.63, 3.8) is 0 Å². The molecule has 1 aliphatic heterocycles. The minimum Gasteiger partial charge on any atom is -0.480 e. The Hall–Kier alpha value is -2.08. The van der Waals surface area contributed by atoms with E-state index in [4.69, 9.17) is 5.11 Å². The minimum atomic E-state index is -0.791. The number of carboxylic acids is 1. The van der Waals surface area contributed by atoms with E-state index < -0.39 is 5.97 Å². The molecule has 0 bridgehead atoms. The molecule has 6 heteroatoms. The van der Waals surface area contributed by atoms with Gasteiger partial charge in [-0.1, -0.05) is 36.8 Å². The van der Waals surface area contributed by atoms with Crippen LogP contribution in [0.4, 0.5) is 4.79 Å². The zero-order valence-corrected chi connectivity index (χ0v) is 16.4. The number of hydrogen-bond acceptors (Lipinski definition) is 3. The molecule has 1 unspecified atom stereocenters. The Bertz CT molecular complexity index is 655. The summed E-state index contributed by atoms with van der Waals surface area (Å²) in [6.07, 6.45) is 4.69. The highest BCUT2D eigenvalue weighted by atomic mass is 16.4. The summed E-state index contributed by atoms with van der Waals surface area (Å²) in [6, 6.07) is 9.28. The lowest BCUT2D eigenvalue weighted by Crippen LogP contribution is -2.57. The van der Waals surface area contributed by atoms with Gasteiger partial charge in [0.15, 0.2) is 0 Å². The third-order valence-electron chi connectivity index (χ3n) is 5.93. The van der Waals surface area contributed by atoms with Crippen LogP contribution in [0.5, 0.6) is 0 Å².